The number of alkyl halides is 3. The van der Waals surface area contributed by atoms with Crippen molar-refractivity contribution >= 4 is 33.5 Å². The van der Waals surface area contributed by atoms with Gasteiger partial charge in [-0.15, -0.1) is 0 Å². The van der Waals surface area contributed by atoms with Gasteiger partial charge in [-0.3, -0.25) is 10.3 Å². The molecule has 1 aromatic heterocycles. The van der Waals surface area contributed by atoms with Crippen LogP contribution < -0.4 is 15.8 Å². The number of aliphatic imine (C=N–C) groups is 1. The van der Waals surface area contributed by atoms with E-state index in [4.69, 9.17) is 15.2 Å². The van der Waals surface area contributed by atoms with Gasteiger partial charge in [0.05, 0.1) is 6.61 Å². The van der Waals surface area contributed by atoms with E-state index in [0.29, 0.717) is 11.3 Å². The van der Waals surface area contributed by atoms with Gasteiger partial charge in [-0.1, -0.05) is 12.1 Å². The molecule has 0 radical (unpaired) electrons. The molecule has 0 saturated heterocycles. The van der Waals surface area contributed by atoms with E-state index >= 15 is 0 Å². The van der Waals surface area contributed by atoms with Crippen molar-refractivity contribution in [3.05, 3.63) is 52.6 Å². The Balaban J connectivity index is 1.78. The van der Waals surface area contributed by atoms with Crippen molar-refractivity contribution in [1.82, 2.24) is 4.98 Å². The Morgan fingerprint density at radius 1 is 1.30 bits per heavy atom. The smallest absolute Gasteiger partial charge is 0.391 e. The second kappa shape index (κ2) is 7.88. The Kier molecular flexibility index (Phi) is 5.79. The number of nitrogens with one attached hydrogen (secondary N) is 1. The second-order valence-corrected chi connectivity index (χ2v) is 7.92. The number of benzene rings is 1. The number of carbonyl (C=O) groups excluding carboxylic acids is 1. The number of rotatable bonds is 3. The van der Waals surface area contributed by atoms with E-state index in [2.05, 4.69) is 31.2 Å². The van der Waals surface area contributed by atoms with Crippen LogP contribution in [0.1, 0.15) is 19.4 Å². The second-order valence-electron chi connectivity index (χ2n) is 7.00. The predicted molar refractivity (Wildman–Crippen MR) is 107 cm³/mol. The van der Waals surface area contributed by atoms with Crippen LogP contribution in [-0.2, 0) is 10.3 Å². The molecule has 11 heteroatoms. The third-order valence-corrected chi connectivity index (χ3v) is 5.14. The lowest BCUT2D eigenvalue weighted by molar-refractivity contribution is -0.249. The molecule has 7 nitrogen and oxygen atoms in total. The zero-order chi connectivity index (χ0) is 22.2. The molecule has 2 aromatic rings. The minimum Gasteiger partial charge on any atom is -0.391 e. The largest absolute Gasteiger partial charge is 0.424 e. The number of hydrogen-bond donors (Lipinski definition) is 2. The molecule has 0 fully saturated rings. The average molecular weight is 487 g/mol. The van der Waals surface area contributed by atoms with Gasteiger partial charge in [0.1, 0.15) is 11.4 Å². The molecule has 1 aliphatic heterocycles. The van der Waals surface area contributed by atoms with Crippen molar-refractivity contribution in [3.63, 3.8) is 0 Å². The molecule has 1 aromatic carbocycles. The molecular formula is C19H18BrF3N4O3. The lowest BCUT2D eigenvalue weighted by Gasteiger charge is -2.41. The molecule has 1 aliphatic rings. The summed E-state index contributed by atoms with van der Waals surface area (Å²) in [6.07, 6.45) is -4.00. The van der Waals surface area contributed by atoms with Crippen LogP contribution >= 0.6 is 15.9 Å². The monoisotopic (exact) mass is 486 g/mol. The summed E-state index contributed by atoms with van der Waals surface area (Å²) in [5, 5.41) is 2.54. The minimum absolute atomic E-state index is 0.100. The number of aromatic nitrogens is 1. The fourth-order valence-electron chi connectivity index (χ4n) is 2.73. The Morgan fingerprint density at radius 3 is 2.63 bits per heavy atom. The fraction of sp³-hybridized carbons (Fsp3) is 0.316. The maximum atomic E-state index is 13.3. The standard InChI is InChI=1S/C19H18BrF3N4O3/c1-17(10-29-18(2,15(24)27-17)19(21,22)23)11-4-3-5-13(8-11)26-16(28)30-14-7-6-12(20)9-25-14/h3-9H,10H2,1-2H3,(H2,24,27)(H,26,28)/t17-,18+/m0/s1. The SMILES string of the molecule is C[C@@]1(c2cccc(NC(=O)Oc3ccc(Br)cn3)c2)CO[C@@](C)(C(F)(F)F)C(N)=N1. The van der Waals surface area contributed by atoms with Crippen molar-refractivity contribution in [1.29, 1.82) is 0 Å². The van der Waals surface area contributed by atoms with Crippen LogP contribution in [0.5, 0.6) is 5.88 Å². The van der Waals surface area contributed by atoms with Crippen LogP contribution in [0.4, 0.5) is 23.7 Å². The Labute approximate surface area is 178 Å². The topological polar surface area (TPSA) is 98.8 Å². The molecule has 30 heavy (non-hydrogen) atoms. The Bertz CT molecular complexity index is 984. The maximum absolute atomic E-state index is 13.3. The van der Waals surface area contributed by atoms with Crippen LogP contribution in [0.15, 0.2) is 52.1 Å². The highest BCUT2D eigenvalue weighted by molar-refractivity contribution is 9.10. The van der Waals surface area contributed by atoms with E-state index in [1.807, 2.05) is 0 Å². The maximum Gasteiger partial charge on any atom is 0.424 e. The normalized spacial score (nSPS) is 24.1. The quantitative estimate of drug-likeness (QED) is 0.670. The van der Waals surface area contributed by atoms with Gasteiger partial charge in [-0.25, -0.2) is 9.78 Å². The summed E-state index contributed by atoms with van der Waals surface area (Å²) in [5.74, 6) is -0.564. The van der Waals surface area contributed by atoms with Crippen LogP contribution in [0.25, 0.3) is 0 Å². The first-order valence-corrected chi connectivity index (χ1v) is 9.50. The van der Waals surface area contributed by atoms with Gasteiger partial charge in [0.25, 0.3) is 0 Å². The first-order valence-electron chi connectivity index (χ1n) is 8.70. The van der Waals surface area contributed by atoms with Gasteiger partial charge in [0.2, 0.25) is 11.5 Å². The number of nitrogens with two attached hydrogens (primary N) is 1. The number of ether oxygens (including phenoxy) is 2. The van der Waals surface area contributed by atoms with Gasteiger partial charge >= 0.3 is 12.3 Å². The molecule has 1 amide bonds. The Hall–Kier alpha value is -2.66. The highest BCUT2D eigenvalue weighted by Crippen LogP contribution is 2.41. The van der Waals surface area contributed by atoms with Crippen molar-refractivity contribution in [2.45, 2.75) is 31.2 Å². The van der Waals surface area contributed by atoms with Gasteiger partial charge in [0.15, 0.2) is 0 Å². The summed E-state index contributed by atoms with van der Waals surface area (Å²) < 4.78 is 50.8. The molecule has 0 aliphatic carbocycles. The van der Waals surface area contributed by atoms with Crippen LogP contribution in [-0.4, -0.2) is 35.3 Å². The van der Waals surface area contributed by atoms with Crippen molar-refractivity contribution in [3.8, 4) is 5.88 Å². The molecule has 160 valence electrons. The third kappa shape index (κ3) is 4.41. The number of anilines is 1. The highest BCUT2D eigenvalue weighted by atomic mass is 79.9. The van der Waals surface area contributed by atoms with Gasteiger partial charge in [-0.05, 0) is 53.5 Å². The van der Waals surface area contributed by atoms with E-state index in [1.165, 1.54) is 12.3 Å². The average Bonchev–Trinajstić information content (AvgIpc) is 2.66. The predicted octanol–water partition coefficient (Wildman–Crippen LogP) is 4.38. The highest BCUT2D eigenvalue weighted by Gasteiger charge is 2.58. The van der Waals surface area contributed by atoms with E-state index < -0.39 is 29.2 Å². The molecular weight excluding hydrogens is 469 g/mol. The zero-order valence-electron chi connectivity index (χ0n) is 16.0. The molecule has 0 saturated carbocycles. The molecule has 0 spiro atoms. The summed E-state index contributed by atoms with van der Waals surface area (Å²) in [7, 11) is 0. The fourth-order valence-corrected chi connectivity index (χ4v) is 2.97. The van der Waals surface area contributed by atoms with Gasteiger partial charge in [-0.2, -0.15) is 13.2 Å². The van der Waals surface area contributed by atoms with Gasteiger partial charge in [0, 0.05) is 22.4 Å². The lowest BCUT2D eigenvalue weighted by atomic mass is 9.90. The number of amidine groups is 1. The third-order valence-electron chi connectivity index (χ3n) is 4.67. The number of pyridine rings is 1. The van der Waals surface area contributed by atoms with Crippen molar-refractivity contribution in [2.75, 3.05) is 11.9 Å². The summed E-state index contributed by atoms with van der Waals surface area (Å²) >= 11 is 3.23. The number of nitrogens with zero attached hydrogens (tertiary/aromatic N) is 2. The van der Waals surface area contributed by atoms with Crippen molar-refractivity contribution < 1.29 is 27.4 Å². The number of carbonyl (C=O) groups is 1. The molecule has 2 heterocycles. The summed E-state index contributed by atoms with van der Waals surface area (Å²) in [4.78, 5) is 20.1. The molecule has 0 bridgehead atoms. The summed E-state index contributed by atoms with van der Waals surface area (Å²) in [6.45, 7) is 2.09. The lowest BCUT2D eigenvalue weighted by Crippen LogP contribution is -2.60. The molecule has 2 atom stereocenters. The summed E-state index contributed by atoms with van der Waals surface area (Å²) in [6, 6.07) is 9.61. The van der Waals surface area contributed by atoms with E-state index in [-0.39, 0.29) is 12.5 Å². The summed E-state index contributed by atoms with van der Waals surface area (Å²) in [5.41, 5.74) is 2.68. The molecule has 0 unspecified atom stereocenters. The van der Waals surface area contributed by atoms with Gasteiger partial charge < -0.3 is 15.2 Å². The first-order chi connectivity index (χ1) is 13.9. The molecule has 3 rings (SSSR count). The zero-order valence-corrected chi connectivity index (χ0v) is 17.5. The minimum atomic E-state index is -4.70. The van der Waals surface area contributed by atoms with E-state index in [9.17, 15) is 18.0 Å². The van der Waals surface area contributed by atoms with E-state index in [1.54, 1.807) is 37.3 Å². The van der Waals surface area contributed by atoms with E-state index in [0.717, 1.165) is 11.4 Å². The number of hydrogen-bond acceptors (Lipinski definition) is 6. The van der Waals surface area contributed by atoms with Crippen LogP contribution in [0, 0.1) is 0 Å². The number of halogens is 4. The molecule has 3 N–H and O–H groups in total. The van der Waals surface area contributed by atoms with Crippen LogP contribution in [0.2, 0.25) is 0 Å². The van der Waals surface area contributed by atoms with Crippen molar-refractivity contribution in [2.24, 2.45) is 10.7 Å². The first kappa shape index (κ1) is 22.0. The Morgan fingerprint density at radius 2 is 2.03 bits per heavy atom. The number of amides is 1. The van der Waals surface area contributed by atoms with Crippen LogP contribution in [0.3, 0.4) is 0 Å².